The number of nitrogens with zero attached hydrogens (tertiary/aromatic N) is 2. The van der Waals surface area contributed by atoms with Crippen LogP contribution >= 0.6 is 0 Å². The Morgan fingerprint density at radius 3 is 2.90 bits per heavy atom. The van der Waals surface area contributed by atoms with Gasteiger partial charge in [-0.25, -0.2) is 13.4 Å². The van der Waals surface area contributed by atoms with Crippen LogP contribution in [-0.2, 0) is 21.1 Å². The molecule has 1 atom stereocenters. The molecule has 6 nitrogen and oxygen atoms in total. The van der Waals surface area contributed by atoms with E-state index in [0.29, 0.717) is 18.0 Å². The maximum Gasteiger partial charge on any atom is 0.201 e. The first-order chi connectivity index (χ1) is 9.97. The van der Waals surface area contributed by atoms with Crippen LogP contribution in [0.15, 0.2) is 23.1 Å². The van der Waals surface area contributed by atoms with Crippen LogP contribution in [0.25, 0.3) is 11.0 Å². The van der Waals surface area contributed by atoms with Gasteiger partial charge in [-0.15, -0.1) is 0 Å². The maximum atomic E-state index is 11.8. The number of hydrogen-bond donors (Lipinski definition) is 1. The van der Waals surface area contributed by atoms with E-state index in [1.807, 2.05) is 10.6 Å². The Hall–Kier alpha value is -1.60. The number of benzene rings is 1. The van der Waals surface area contributed by atoms with Gasteiger partial charge in [0.25, 0.3) is 0 Å². The number of aromatic nitrogens is 2. The first-order valence-corrected chi connectivity index (χ1v) is 8.92. The van der Waals surface area contributed by atoms with E-state index in [2.05, 4.69) is 4.98 Å². The van der Waals surface area contributed by atoms with E-state index in [1.165, 1.54) is 6.26 Å². The third-order valence-electron chi connectivity index (χ3n) is 3.83. The summed E-state index contributed by atoms with van der Waals surface area (Å²) >= 11 is 0. The largest absolute Gasteiger partial charge is 0.376 e. The molecular weight excluding hydrogens is 290 g/mol. The van der Waals surface area contributed by atoms with Crippen molar-refractivity contribution in [1.82, 2.24) is 9.55 Å². The number of ether oxygens (including phenoxy) is 1. The molecule has 0 saturated carbocycles. The number of hydrogen-bond acceptors (Lipinski definition) is 5. The zero-order valence-electron chi connectivity index (χ0n) is 11.9. The van der Waals surface area contributed by atoms with Crippen LogP contribution in [0.5, 0.6) is 0 Å². The SMILES string of the molecule is CS(=O)(=O)c1cccc2c1nc(N)n2CC1CCCCO1. The molecule has 1 unspecified atom stereocenters. The molecule has 0 bridgehead atoms. The Bertz CT molecular complexity index is 761. The number of anilines is 1. The van der Waals surface area contributed by atoms with Gasteiger partial charge in [0.05, 0.1) is 23.1 Å². The lowest BCUT2D eigenvalue weighted by Gasteiger charge is -2.23. The topological polar surface area (TPSA) is 87.2 Å². The van der Waals surface area contributed by atoms with Crippen LogP contribution in [0.1, 0.15) is 19.3 Å². The van der Waals surface area contributed by atoms with E-state index in [0.717, 1.165) is 31.4 Å². The van der Waals surface area contributed by atoms with Crippen molar-refractivity contribution in [2.24, 2.45) is 0 Å². The number of imidazole rings is 1. The van der Waals surface area contributed by atoms with Crippen molar-refractivity contribution >= 4 is 26.8 Å². The lowest BCUT2D eigenvalue weighted by molar-refractivity contribution is 0.00694. The summed E-state index contributed by atoms with van der Waals surface area (Å²) < 4.78 is 31.3. The number of rotatable bonds is 3. The standard InChI is InChI=1S/C14H19N3O3S/c1-21(18,19)12-7-4-6-11-13(12)16-14(15)17(11)9-10-5-2-3-8-20-10/h4,6-7,10H,2-3,5,8-9H2,1H3,(H2,15,16). The van der Waals surface area contributed by atoms with Crippen LogP contribution in [0.3, 0.4) is 0 Å². The summed E-state index contributed by atoms with van der Waals surface area (Å²) in [6.07, 6.45) is 4.52. The number of sulfone groups is 1. The molecule has 2 N–H and O–H groups in total. The van der Waals surface area contributed by atoms with Crippen molar-refractivity contribution in [3.63, 3.8) is 0 Å². The highest BCUT2D eigenvalue weighted by molar-refractivity contribution is 7.91. The molecule has 0 aliphatic carbocycles. The zero-order chi connectivity index (χ0) is 15.0. The fourth-order valence-corrected chi connectivity index (χ4v) is 3.61. The van der Waals surface area contributed by atoms with Crippen LogP contribution in [0, 0.1) is 0 Å². The Balaban J connectivity index is 2.05. The van der Waals surface area contributed by atoms with Gasteiger partial charge in [-0.2, -0.15) is 0 Å². The predicted molar refractivity (Wildman–Crippen MR) is 80.8 cm³/mol. The summed E-state index contributed by atoms with van der Waals surface area (Å²) in [5.41, 5.74) is 7.16. The number of para-hydroxylation sites is 1. The van der Waals surface area contributed by atoms with Crippen molar-refractivity contribution in [2.45, 2.75) is 36.8 Å². The molecular formula is C14H19N3O3S. The average molecular weight is 309 g/mol. The van der Waals surface area contributed by atoms with Crippen LogP contribution in [-0.4, -0.2) is 36.9 Å². The normalized spacial score (nSPS) is 20.0. The van der Waals surface area contributed by atoms with E-state index in [4.69, 9.17) is 10.5 Å². The van der Waals surface area contributed by atoms with Crippen molar-refractivity contribution in [3.8, 4) is 0 Å². The molecule has 0 radical (unpaired) electrons. The van der Waals surface area contributed by atoms with Crippen molar-refractivity contribution in [2.75, 3.05) is 18.6 Å². The average Bonchev–Trinajstić information content (AvgIpc) is 2.75. The van der Waals surface area contributed by atoms with E-state index >= 15 is 0 Å². The zero-order valence-corrected chi connectivity index (χ0v) is 12.8. The fourth-order valence-electron chi connectivity index (χ4n) is 2.79. The molecule has 3 rings (SSSR count). The number of nitrogens with two attached hydrogens (primary N) is 1. The summed E-state index contributed by atoms with van der Waals surface area (Å²) in [4.78, 5) is 4.47. The highest BCUT2D eigenvalue weighted by Gasteiger charge is 2.21. The minimum Gasteiger partial charge on any atom is -0.376 e. The molecule has 7 heteroatoms. The van der Waals surface area contributed by atoms with E-state index in [-0.39, 0.29) is 11.0 Å². The smallest absolute Gasteiger partial charge is 0.201 e. The second-order valence-corrected chi connectivity index (χ2v) is 7.45. The monoisotopic (exact) mass is 309 g/mol. The number of fused-ring (bicyclic) bond motifs is 1. The molecule has 2 heterocycles. The molecule has 1 aliphatic rings. The number of nitrogen functional groups attached to an aromatic ring is 1. The van der Waals surface area contributed by atoms with E-state index in [1.54, 1.807) is 12.1 Å². The highest BCUT2D eigenvalue weighted by atomic mass is 32.2. The molecule has 1 aromatic heterocycles. The molecule has 1 fully saturated rings. The van der Waals surface area contributed by atoms with Gasteiger partial charge in [-0.05, 0) is 31.4 Å². The van der Waals surface area contributed by atoms with Crippen LogP contribution in [0.4, 0.5) is 5.95 Å². The third-order valence-corrected chi connectivity index (χ3v) is 4.96. The molecule has 1 aliphatic heterocycles. The summed E-state index contributed by atoms with van der Waals surface area (Å²) in [6, 6.07) is 5.12. The summed E-state index contributed by atoms with van der Waals surface area (Å²) in [5.74, 6) is 0.329. The van der Waals surface area contributed by atoms with Crippen molar-refractivity contribution in [1.29, 1.82) is 0 Å². The van der Waals surface area contributed by atoms with Gasteiger partial charge >= 0.3 is 0 Å². The summed E-state index contributed by atoms with van der Waals surface area (Å²) in [6.45, 7) is 1.38. The van der Waals surface area contributed by atoms with Crippen molar-refractivity contribution < 1.29 is 13.2 Å². The van der Waals surface area contributed by atoms with Gasteiger partial charge in [-0.3, -0.25) is 0 Å². The quantitative estimate of drug-likeness (QED) is 0.930. The molecule has 1 aromatic carbocycles. The Morgan fingerprint density at radius 1 is 1.43 bits per heavy atom. The molecule has 21 heavy (non-hydrogen) atoms. The molecule has 1 saturated heterocycles. The lowest BCUT2D eigenvalue weighted by atomic mass is 10.1. The van der Waals surface area contributed by atoms with Gasteiger partial charge < -0.3 is 15.0 Å². The van der Waals surface area contributed by atoms with Gasteiger partial charge in [0.1, 0.15) is 5.52 Å². The Labute approximate surface area is 123 Å². The summed E-state index contributed by atoms with van der Waals surface area (Å²) in [7, 11) is -3.33. The predicted octanol–water partition coefficient (Wildman–Crippen LogP) is 1.59. The first-order valence-electron chi connectivity index (χ1n) is 7.03. The lowest BCUT2D eigenvalue weighted by Crippen LogP contribution is -2.25. The van der Waals surface area contributed by atoms with Gasteiger partial charge in [0.15, 0.2) is 9.84 Å². The highest BCUT2D eigenvalue weighted by Crippen LogP contribution is 2.26. The second-order valence-electron chi connectivity index (χ2n) is 5.47. The Kier molecular flexibility index (Phi) is 3.62. The van der Waals surface area contributed by atoms with E-state index < -0.39 is 9.84 Å². The van der Waals surface area contributed by atoms with Gasteiger partial charge in [0.2, 0.25) is 5.95 Å². The molecule has 114 valence electrons. The molecule has 2 aromatic rings. The maximum absolute atomic E-state index is 11.8. The third kappa shape index (κ3) is 2.75. The molecule has 0 amide bonds. The van der Waals surface area contributed by atoms with Gasteiger partial charge in [0, 0.05) is 12.9 Å². The van der Waals surface area contributed by atoms with Crippen LogP contribution in [0.2, 0.25) is 0 Å². The molecule has 0 spiro atoms. The van der Waals surface area contributed by atoms with Crippen LogP contribution < -0.4 is 5.73 Å². The fraction of sp³-hybridized carbons (Fsp3) is 0.500. The summed E-state index contributed by atoms with van der Waals surface area (Å²) in [5, 5.41) is 0. The first kappa shape index (κ1) is 14.3. The minimum absolute atomic E-state index is 0.111. The van der Waals surface area contributed by atoms with Crippen molar-refractivity contribution in [3.05, 3.63) is 18.2 Å². The van der Waals surface area contributed by atoms with E-state index in [9.17, 15) is 8.42 Å². The minimum atomic E-state index is -3.33. The Morgan fingerprint density at radius 2 is 2.24 bits per heavy atom. The second kappa shape index (κ2) is 5.31. The van der Waals surface area contributed by atoms with Gasteiger partial charge in [-0.1, -0.05) is 6.07 Å².